The summed E-state index contributed by atoms with van der Waals surface area (Å²) in [7, 11) is 0. The first-order chi connectivity index (χ1) is 11.7. The van der Waals surface area contributed by atoms with Crippen LogP contribution in [-0.2, 0) is 11.3 Å². The van der Waals surface area contributed by atoms with E-state index in [-0.39, 0.29) is 11.8 Å². The number of hydrogen-bond acceptors (Lipinski definition) is 4. The molecule has 1 amide bonds. The summed E-state index contributed by atoms with van der Waals surface area (Å²) in [6, 6.07) is 9.64. The van der Waals surface area contributed by atoms with Crippen molar-refractivity contribution >= 4 is 45.1 Å². The van der Waals surface area contributed by atoms with E-state index in [1.165, 1.54) is 0 Å². The second-order valence-electron chi connectivity index (χ2n) is 5.91. The third-order valence-corrected chi connectivity index (χ3v) is 6.22. The van der Waals surface area contributed by atoms with E-state index in [1.807, 2.05) is 35.7 Å². The van der Waals surface area contributed by atoms with Gasteiger partial charge < -0.3 is 10.2 Å². The number of nitrogens with one attached hydrogen (secondary N) is 1. The van der Waals surface area contributed by atoms with E-state index in [1.54, 1.807) is 11.3 Å². The topological polar surface area (TPSA) is 49.4 Å². The lowest BCUT2D eigenvalue weighted by molar-refractivity contribution is -0.125. The second kappa shape index (κ2) is 7.94. The molecule has 1 aliphatic heterocycles. The number of amides is 1. The molecule has 2 heterocycles. The molecule has 0 saturated carbocycles. The molecule has 2 aromatic rings. The van der Waals surface area contributed by atoms with Gasteiger partial charge in [-0.05, 0) is 70.0 Å². The minimum atomic E-state index is 0.0768. The number of nitrogens with zero attached hydrogens (tertiary/aromatic N) is 1. The summed E-state index contributed by atoms with van der Waals surface area (Å²) in [6.45, 7) is 2.30. The first kappa shape index (κ1) is 17.2. The van der Waals surface area contributed by atoms with Crippen LogP contribution >= 0.6 is 27.3 Å². The van der Waals surface area contributed by atoms with Crippen LogP contribution in [0.25, 0.3) is 0 Å². The molecule has 1 saturated heterocycles. The minimum absolute atomic E-state index is 0.0768. The van der Waals surface area contributed by atoms with Gasteiger partial charge in [-0.25, -0.2) is 0 Å². The average molecular weight is 407 g/mol. The zero-order chi connectivity index (χ0) is 16.9. The number of rotatable bonds is 5. The van der Waals surface area contributed by atoms with E-state index in [2.05, 4.69) is 26.1 Å². The van der Waals surface area contributed by atoms with Gasteiger partial charge in [-0.2, -0.15) is 0 Å². The van der Waals surface area contributed by atoms with Crippen LogP contribution in [0, 0.1) is 5.92 Å². The van der Waals surface area contributed by atoms with Gasteiger partial charge in [-0.1, -0.05) is 0 Å². The molecule has 0 spiro atoms. The molecule has 1 aromatic heterocycles. The summed E-state index contributed by atoms with van der Waals surface area (Å²) < 4.78 is 1.08. The molecule has 1 N–H and O–H groups in total. The smallest absolute Gasteiger partial charge is 0.223 e. The van der Waals surface area contributed by atoms with Crippen molar-refractivity contribution in [2.24, 2.45) is 5.92 Å². The van der Waals surface area contributed by atoms with Crippen LogP contribution < -0.4 is 10.2 Å². The largest absolute Gasteiger partial charge is 0.371 e. The van der Waals surface area contributed by atoms with Gasteiger partial charge in [0.15, 0.2) is 0 Å². The van der Waals surface area contributed by atoms with Gasteiger partial charge in [-0.3, -0.25) is 9.59 Å². The van der Waals surface area contributed by atoms with Crippen molar-refractivity contribution in [3.05, 3.63) is 50.6 Å². The molecule has 0 aliphatic carbocycles. The van der Waals surface area contributed by atoms with Crippen LogP contribution in [0.15, 0.2) is 39.5 Å². The van der Waals surface area contributed by atoms with Crippen molar-refractivity contribution in [3.63, 3.8) is 0 Å². The number of aldehydes is 1. The fourth-order valence-corrected chi connectivity index (χ4v) is 4.18. The van der Waals surface area contributed by atoms with Crippen molar-refractivity contribution in [1.82, 2.24) is 5.32 Å². The number of benzene rings is 1. The van der Waals surface area contributed by atoms with Crippen LogP contribution in [0.4, 0.5) is 5.69 Å². The molecule has 1 aliphatic rings. The van der Waals surface area contributed by atoms with Crippen molar-refractivity contribution in [2.75, 3.05) is 18.0 Å². The minimum Gasteiger partial charge on any atom is -0.371 e. The molecule has 24 heavy (non-hydrogen) atoms. The molecule has 0 atom stereocenters. The molecule has 1 aromatic carbocycles. The van der Waals surface area contributed by atoms with Gasteiger partial charge in [0.1, 0.15) is 6.29 Å². The fourth-order valence-electron chi connectivity index (χ4n) is 2.94. The number of thiophene rings is 1. The Labute approximate surface area is 154 Å². The fraction of sp³-hybridized carbons (Fsp3) is 0.333. The number of carbonyl (C=O) groups is 2. The van der Waals surface area contributed by atoms with E-state index in [9.17, 15) is 9.59 Å². The molecule has 0 bridgehead atoms. The standard InChI is InChI=1S/C18H19BrN2O2S/c19-17-15(7-10-24-17)11-20-18(23)14-5-8-21(9-6-14)16-3-1-13(12-22)2-4-16/h1-4,7,10,12,14H,5-6,8-9,11H2,(H,20,23). The molecular formula is C18H19BrN2O2S. The Morgan fingerprint density at radius 1 is 1.25 bits per heavy atom. The van der Waals surface area contributed by atoms with Crippen LogP contribution in [0.5, 0.6) is 0 Å². The molecule has 0 unspecified atom stereocenters. The first-order valence-electron chi connectivity index (χ1n) is 7.97. The maximum absolute atomic E-state index is 12.4. The number of halogens is 1. The van der Waals surface area contributed by atoms with Gasteiger partial charge in [0.2, 0.25) is 5.91 Å². The average Bonchev–Trinajstić information content (AvgIpc) is 3.05. The highest BCUT2D eigenvalue weighted by molar-refractivity contribution is 9.11. The molecule has 3 rings (SSSR count). The summed E-state index contributed by atoms with van der Waals surface area (Å²) in [6.07, 6.45) is 2.56. The van der Waals surface area contributed by atoms with Gasteiger partial charge >= 0.3 is 0 Å². The predicted octanol–water partition coefficient (Wildman–Crippen LogP) is 3.86. The van der Waals surface area contributed by atoms with Crippen LogP contribution in [0.2, 0.25) is 0 Å². The number of carbonyl (C=O) groups excluding carboxylic acids is 2. The number of anilines is 1. The Morgan fingerprint density at radius 2 is 1.96 bits per heavy atom. The number of hydrogen-bond donors (Lipinski definition) is 1. The summed E-state index contributed by atoms with van der Waals surface area (Å²) in [5.74, 6) is 0.219. The third kappa shape index (κ3) is 4.05. The Bertz CT molecular complexity index is 706. The van der Waals surface area contributed by atoms with Gasteiger partial charge in [-0.15, -0.1) is 11.3 Å². The number of piperidine rings is 1. The van der Waals surface area contributed by atoms with Crippen LogP contribution in [0.3, 0.4) is 0 Å². The Hall–Kier alpha value is -1.66. The predicted molar refractivity (Wildman–Crippen MR) is 101 cm³/mol. The van der Waals surface area contributed by atoms with Crippen LogP contribution in [-0.4, -0.2) is 25.3 Å². The molecule has 126 valence electrons. The normalized spacial score (nSPS) is 15.3. The lowest BCUT2D eigenvalue weighted by Crippen LogP contribution is -2.40. The molecule has 6 heteroatoms. The monoisotopic (exact) mass is 406 g/mol. The Morgan fingerprint density at radius 3 is 2.54 bits per heavy atom. The zero-order valence-electron chi connectivity index (χ0n) is 13.2. The SMILES string of the molecule is O=Cc1ccc(N2CCC(C(=O)NCc3ccsc3Br)CC2)cc1. The molecule has 0 radical (unpaired) electrons. The quantitative estimate of drug-likeness (QED) is 0.766. The molecule has 1 fully saturated rings. The summed E-state index contributed by atoms with van der Waals surface area (Å²) >= 11 is 5.12. The Kier molecular flexibility index (Phi) is 5.68. The van der Waals surface area contributed by atoms with E-state index >= 15 is 0 Å². The first-order valence-corrected chi connectivity index (χ1v) is 9.64. The highest BCUT2D eigenvalue weighted by Gasteiger charge is 2.25. The van der Waals surface area contributed by atoms with E-state index in [0.717, 1.165) is 47.3 Å². The summed E-state index contributed by atoms with van der Waals surface area (Å²) in [5, 5.41) is 5.06. The highest BCUT2D eigenvalue weighted by Crippen LogP contribution is 2.25. The maximum atomic E-state index is 12.4. The molecular weight excluding hydrogens is 388 g/mol. The van der Waals surface area contributed by atoms with Gasteiger partial charge in [0, 0.05) is 36.8 Å². The lowest BCUT2D eigenvalue weighted by Gasteiger charge is -2.33. The second-order valence-corrected chi connectivity index (χ2v) is 8.14. The van der Waals surface area contributed by atoms with Gasteiger partial charge in [0.25, 0.3) is 0 Å². The highest BCUT2D eigenvalue weighted by atomic mass is 79.9. The van der Waals surface area contributed by atoms with E-state index in [0.29, 0.717) is 12.1 Å². The van der Waals surface area contributed by atoms with Crippen molar-refractivity contribution < 1.29 is 9.59 Å². The van der Waals surface area contributed by atoms with Crippen molar-refractivity contribution in [3.8, 4) is 0 Å². The molecule has 4 nitrogen and oxygen atoms in total. The van der Waals surface area contributed by atoms with E-state index < -0.39 is 0 Å². The van der Waals surface area contributed by atoms with Crippen LogP contribution in [0.1, 0.15) is 28.8 Å². The maximum Gasteiger partial charge on any atom is 0.223 e. The lowest BCUT2D eigenvalue weighted by atomic mass is 9.95. The third-order valence-electron chi connectivity index (χ3n) is 4.41. The van der Waals surface area contributed by atoms with Crippen molar-refractivity contribution in [1.29, 1.82) is 0 Å². The summed E-state index contributed by atoms with van der Waals surface area (Å²) in [5.41, 5.74) is 2.93. The zero-order valence-corrected chi connectivity index (χ0v) is 15.6. The van der Waals surface area contributed by atoms with Gasteiger partial charge in [0.05, 0.1) is 3.79 Å². The summed E-state index contributed by atoms with van der Waals surface area (Å²) in [4.78, 5) is 25.3. The Balaban J connectivity index is 1.49. The van der Waals surface area contributed by atoms with Crippen molar-refractivity contribution in [2.45, 2.75) is 19.4 Å². The van der Waals surface area contributed by atoms with E-state index in [4.69, 9.17) is 0 Å².